The Morgan fingerprint density at radius 1 is 0.750 bits per heavy atom. The van der Waals surface area contributed by atoms with E-state index in [9.17, 15) is 14.4 Å². The number of benzene rings is 3. The highest BCUT2D eigenvalue weighted by atomic mass is 35.5. The molecule has 3 amide bonds. The molecule has 0 saturated carbocycles. The summed E-state index contributed by atoms with van der Waals surface area (Å²) in [6.07, 6.45) is 0. The molecule has 1 aliphatic heterocycles. The van der Waals surface area contributed by atoms with Crippen LogP contribution < -0.4 is 15.5 Å². The molecule has 4 rings (SSSR count). The Labute approximate surface area is 198 Å². The minimum absolute atomic E-state index is 0.0935. The van der Waals surface area contributed by atoms with Gasteiger partial charge in [-0.3, -0.25) is 14.4 Å². The van der Waals surface area contributed by atoms with Crippen molar-refractivity contribution in [2.24, 2.45) is 0 Å². The Hall–Kier alpha value is -3.32. The van der Waals surface area contributed by atoms with Crippen LogP contribution in [0.1, 0.15) is 10.4 Å². The summed E-state index contributed by atoms with van der Waals surface area (Å²) in [5.74, 6) is -1.67. The molecule has 9 heteroatoms. The zero-order valence-corrected chi connectivity index (χ0v) is 18.5. The number of hydrogen-bond acceptors (Lipinski definition) is 4. The molecule has 2 N–H and O–H groups in total. The first-order valence-electron chi connectivity index (χ1n) is 9.31. The van der Waals surface area contributed by atoms with Crippen molar-refractivity contribution in [3.05, 3.63) is 99.1 Å². The van der Waals surface area contributed by atoms with Gasteiger partial charge in [-0.25, -0.2) is 4.90 Å². The standard InChI is InChI=1S/C23H14Cl3N3O3/c24-14-5-2-8-17(11-14)28-21(30)13-4-1-7-16(10-13)27-20-19(26)22(31)29(23(20)32)18-9-3-6-15(25)12-18/h1-12,27H,(H,28,30). The third kappa shape index (κ3) is 4.48. The van der Waals surface area contributed by atoms with Crippen LogP contribution in [0.3, 0.4) is 0 Å². The number of carbonyl (C=O) groups excluding carboxylic acids is 3. The zero-order chi connectivity index (χ0) is 22.8. The molecule has 160 valence electrons. The molecule has 1 aliphatic rings. The maximum atomic E-state index is 12.9. The van der Waals surface area contributed by atoms with Gasteiger partial charge in [-0.2, -0.15) is 0 Å². The Balaban J connectivity index is 1.55. The highest BCUT2D eigenvalue weighted by Crippen LogP contribution is 2.31. The number of hydrogen-bond donors (Lipinski definition) is 2. The van der Waals surface area contributed by atoms with Gasteiger partial charge in [0.1, 0.15) is 10.7 Å². The first-order chi connectivity index (χ1) is 15.3. The fourth-order valence-electron chi connectivity index (χ4n) is 3.11. The molecule has 3 aromatic rings. The van der Waals surface area contributed by atoms with Gasteiger partial charge in [0, 0.05) is 27.0 Å². The smallest absolute Gasteiger partial charge is 0.283 e. The number of rotatable bonds is 5. The number of nitrogens with one attached hydrogen (secondary N) is 2. The first-order valence-corrected chi connectivity index (χ1v) is 10.4. The van der Waals surface area contributed by atoms with Gasteiger partial charge in [-0.15, -0.1) is 0 Å². The molecule has 0 aliphatic carbocycles. The van der Waals surface area contributed by atoms with Crippen molar-refractivity contribution >= 4 is 69.6 Å². The molecular weight excluding hydrogens is 473 g/mol. The lowest BCUT2D eigenvalue weighted by molar-refractivity contribution is -0.120. The second kappa shape index (κ2) is 9.04. The molecule has 6 nitrogen and oxygen atoms in total. The fraction of sp³-hybridized carbons (Fsp3) is 0. The maximum absolute atomic E-state index is 12.9. The highest BCUT2D eigenvalue weighted by Gasteiger charge is 2.39. The van der Waals surface area contributed by atoms with Gasteiger partial charge in [0.15, 0.2) is 0 Å². The largest absolute Gasteiger partial charge is 0.350 e. The lowest BCUT2D eigenvalue weighted by Gasteiger charge is -2.15. The molecular formula is C23H14Cl3N3O3. The summed E-state index contributed by atoms with van der Waals surface area (Å²) >= 11 is 18.1. The summed E-state index contributed by atoms with van der Waals surface area (Å²) < 4.78 is 0. The van der Waals surface area contributed by atoms with Gasteiger partial charge in [-0.05, 0) is 54.6 Å². The number of imide groups is 1. The van der Waals surface area contributed by atoms with Gasteiger partial charge >= 0.3 is 0 Å². The predicted molar refractivity (Wildman–Crippen MR) is 126 cm³/mol. The fourth-order valence-corrected chi connectivity index (χ4v) is 3.70. The van der Waals surface area contributed by atoms with Crippen molar-refractivity contribution in [1.29, 1.82) is 0 Å². The van der Waals surface area contributed by atoms with E-state index in [1.165, 1.54) is 12.1 Å². The third-order valence-corrected chi connectivity index (χ3v) is 5.39. The monoisotopic (exact) mass is 485 g/mol. The number of nitrogens with zero attached hydrogens (tertiary/aromatic N) is 1. The minimum atomic E-state index is -0.670. The normalized spacial score (nSPS) is 13.5. The van der Waals surface area contributed by atoms with E-state index in [0.29, 0.717) is 32.7 Å². The Bertz CT molecular complexity index is 1290. The van der Waals surface area contributed by atoms with E-state index in [1.54, 1.807) is 60.7 Å². The van der Waals surface area contributed by atoms with Crippen LogP contribution in [0.25, 0.3) is 0 Å². The second-order valence-corrected chi connectivity index (χ2v) is 8.04. The molecule has 0 fully saturated rings. The first kappa shape index (κ1) is 21.9. The number of halogens is 3. The number of carbonyl (C=O) groups is 3. The molecule has 0 saturated heterocycles. The second-order valence-electron chi connectivity index (χ2n) is 6.78. The maximum Gasteiger partial charge on any atom is 0.283 e. The molecule has 0 spiro atoms. The van der Waals surface area contributed by atoms with E-state index in [4.69, 9.17) is 34.8 Å². The summed E-state index contributed by atoms with van der Waals surface area (Å²) in [6.45, 7) is 0. The number of amides is 3. The van der Waals surface area contributed by atoms with E-state index in [-0.39, 0.29) is 16.6 Å². The topological polar surface area (TPSA) is 78.5 Å². The van der Waals surface area contributed by atoms with E-state index >= 15 is 0 Å². The van der Waals surface area contributed by atoms with E-state index in [2.05, 4.69) is 10.6 Å². The van der Waals surface area contributed by atoms with Crippen LogP contribution in [0.2, 0.25) is 10.0 Å². The van der Waals surface area contributed by atoms with Crippen LogP contribution in [-0.4, -0.2) is 17.7 Å². The lowest BCUT2D eigenvalue weighted by Crippen LogP contribution is -2.32. The van der Waals surface area contributed by atoms with Crippen molar-refractivity contribution in [1.82, 2.24) is 0 Å². The molecule has 0 bridgehead atoms. The highest BCUT2D eigenvalue weighted by molar-refractivity contribution is 6.53. The summed E-state index contributed by atoms with van der Waals surface area (Å²) in [6, 6.07) is 19.5. The SMILES string of the molecule is O=C(Nc1cccc(Cl)c1)c1cccc(NC2=C(Cl)C(=O)N(c3cccc(Cl)c3)C2=O)c1. The predicted octanol–water partition coefficient (Wildman–Crippen LogP) is 5.68. The van der Waals surface area contributed by atoms with Crippen molar-refractivity contribution < 1.29 is 14.4 Å². The molecule has 3 aromatic carbocycles. The van der Waals surface area contributed by atoms with Crippen LogP contribution >= 0.6 is 34.8 Å². The molecule has 0 radical (unpaired) electrons. The van der Waals surface area contributed by atoms with Crippen LogP contribution in [0.15, 0.2) is 83.5 Å². The Kier molecular flexibility index (Phi) is 6.19. The van der Waals surface area contributed by atoms with E-state index in [1.807, 2.05) is 0 Å². The Morgan fingerprint density at radius 3 is 2.12 bits per heavy atom. The summed E-state index contributed by atoms with van der Waals surface area (Å²) in [7, 11) is 0. The van der Waals surface area contributed by atoms with Crippen LogP contribution in [0.4, 0.5) is 17.1 Å². The van der Waals surface area contributed by atoms with Crippen LogP contribution in [-0.2, 0) is 9.59 Å². The minimum Gasteiger partial charge on any atom is -0.350 e. The molecule has 1 heterocycles. The molecule has 0 atom stereocenters. The summed E-state index contributed by atoms with van der Waals surface area (Å²) in [5.41, 5.74) is 1.49. The van der Waals surface area contributed by atoms with Gasteiger partial charge in [0.2, 0.25) is 0 Å². The number of anilines is 3. The van der Waals surface area contributed by atoms with Crippen molar-refractivity contribution in [3.8, 4) is 0 Å². The van der Waals surface area contributed by atoms with Gasteiger partial charge in [0.05, 0.1) is 5.69 Å². The molecule has 0 aromatic heterocycles. The van der Waals surface area contributed by atoms with Gasteiger partial charge < -0.3 is 10.6 Å². The quantitative estimate of drug-likeness (QED) is 0.455. The van der Waals surface area contributed by atoms with Gasteiger partial charge in [0.25, 0.3) is 17.7 Å². The van der Waals surface area contributed by atoms with Crippen molar-refractivity contribution in [3.63, 3.8) is 0 Å². The van der Waals surface area contributed by atoms with Crippen LogP contribution in [0.5, 0.6) is 0 Å². The Morgan fingerprint density at radius 2 is 1.41 bits per heavy atom. The average Bonchev–Trinajstić information content (AvgIpc) is 2.97. The average molecular weight is 487 g/mol. The zero-order valence-electron chi connectivity index (χ0n) is 16.2. The van der Waals surface area contributed by atoms with Gasteiger partial charge in [-0.1, -0.05) is 53.0 Å². The van der Waals surface area contributed by atoms with Crippen molar-refractivity contribution in [2.75, 3.05) is 15.5 Å². The third-order valence-electron chi connectivity index (χ3n) is 4.57. The van der Waals surface area contributed by atoms with E-state index in [0.717, 1.165) is 4.90 Å². The summed E-state index contributed by atoms with van der Waals surface area (Å²) in [5, 5.41) is 6.21. The van der Waals surface area contributed by atoms with E-state index < -0.39 is 11.8 Å². The molecule has 0 unspecified atom stereocenters. The summed E-state index contributed by atoms with van der Waals surface area (Å²) in [4.78, 5) is 39.0. The van der Waals surface area contributed by atoms with Crippen molar-refractivity contribution in [2.45, 2.75) is 0 Å². The molecule has 32 heavy (non-hydrogen) atoms. The van der Waals surface area contributed by atoms with Crippen LogP contribution in [0, 0.1) is 0 Å². The lowest BCUT2D eigenvalue weighted by atomic mass is 10.1.